The Morgan fingerprint density at radius 2 is 2.28 bits per heavy atom. The van der Waals surface area contributed by atoms with Gasteiger partial charge in [-0.15, -0.1) is 0 Å². The number of rotatable bonds is 3. The minimum absolute atomic E-state index is 0.533. The minimum atomic E-state index is 0.533. The van der Waals surface area contributed by atoms with E-state index in [2.05, 4.69) is 41.6 Å². The van der Waals surface area contributed by atoms with E-state index >= 15 is 0 Å². The maximum atomic E-state index is 4.34. The van der Waals surface area contributed by atoms with Crippen molar-refractivity contribution in [1.82, 2.24) is 15.1 Å². The van der Waals surface area contributed by atoms with Gasteiger partial charge in [0.25, 0.3) is 0 Å². The summed E-state index contributed by atoms with van der Waals surface area (Å²) in [5.41, 5.74) is 5.44. The number of nitrogens with one attached hydrogen (secondary N) is 1. The van der Waals surface area contributed by atoms with Crippen LogP contribution in [0.1, 0.15) is 30.5 Å². The number of aryl methyl sites for hydroxylation is 2. The highest BCUT2D eigenvalue weighted by Crippen LogP contribution is 2.33. The molecule has 1 atom stereocenters. The Kier molecular flexibility index (Phi) is 2.92. The molecule has 0 saturated heterocycles. The summed E-state index contributed by atoms with van der Waals surface area (Å²) in [6.07, 6.45) is 4.26. The van der Waals surface area contributed by atoms with Crippen LogP contribution in [0.4, 0.5) is 0 Å². The molecule has 1 aliphatic rings. The molecule has 1 N–H and O–H groups in total. The number of aromatic nitrogens is 2. The molecule has 18 heavy (non-hydrogen) atoms. The number of hydrogen-bond acceptors (Lipinski definition) is 2. The normalized spacial score (nSPS) is 18.0. The Bertz CT molecular complexity index is 557. The first-order valence-electron chi connectivity index (χ1n) is 6.65. The summed E-state index contributed by atoms with van der Waals surface area (Å²) < 4.78 is 2.05. The molecular weight excluding hydrogens is 222 g/mol. The van der Waals surface area contributed by atoms with Crippen LogP contribution >= 0.6 is 0 Å². The topological polar surface area (TPSA) is 29.9 Å². The number of hydrogen-bond donors (Lipinski definition) is 1. The fourth-order valence-electron chi connectivity index (χ4n) is 2.91. The molecule has 0 aliphatic heterocycles. The highest BCUT2D eigenvalue weighted by atomic mass is 15.3. The Labute approximate surface area is 108 Å². The van der Waals surface area contributed by atoms with Crippen LogP contribution in [-0.4, -0.2) is 16.8 Å². The van der Waals surface area contributed by atoms with Crippen molar-refractivity contribution in [2.75, 3.05) is 7.05 Å². The molecule has 1 heterocycles. The van der Waals surface area contributed by atoms with Crippen LogP contribution < -0.4 is 5.32 Å². The molecule has 3 heteroatoms. The molecule has 0 amide bonds. The lowest BCUT2D eigenvalue weighted by atomic mass is 10.0. The minimum Gasteiger partial charge on any atom is -0.313 e. The average molecular weight is 241 g/mol. The fraction of sp³-hybridized carbons (Fsp3) is 0.400. The summed E-state index contributed by atoms with van der Waals surface area (Å²) in [6, 6.07) is 9.44. The molecule has 94 valence electrons. The van der Waals surface area contributed by atoms with Gasteiger partial charge in [-0.1, -0.05) is 12.1 Å². The van der Waals surface area contributed by atoms with Crippen LogP contribution in [-0.2, 0) is 13.0 Å². The first kappa shape index (κ1) is 11.5. The zero-order valence-corrected chi connectivity index (χ0v) is 11.0. The van der Waals surface area contributed by atoms with Crippen molar-refractivity contribution in [2.24, 2.45) is 0 Å². The second kappa shape index (κ2) is 4.58. The van der Waals surface area contributed by atoms with E-state index in [0.717, 1.165) is 6.54 Å². The van der Waals surface area contributed by atoms with Crippen LogP contribution in [0.5, 0.6) is 0 Å². The second-order valence-corrected chi connectivity index (χ2v) is 4.83. The first-order chi connectivity index (χ1) is 8.83. The molecule has 1 aromatic carbocycles. The Hall–Kier alpha value is -1.61. The van der Waals surface area contributed by atoms with Crippen LogP contribution in [0.2, 0.25) is 0 Å². The molecule has 3 nitrogen and oxygen atoms in total. The van der Waals surface area contributed by atoms with Crippen molar-refractivity contribution in [3.8, 4) is 11.3 Å². The van der Waals surface area contributed by atoms with Gasteiger partial charge < -0.3 is 5.32 Å². The van der Waals surface area contributed by atoms with Gasteiger partial charge in [-0.3, -0.25) is 4.68 Å². The van der Waals surface area contributed by atoms with Crippen LogP contribution in [0.15, 0.2) is 30.5 Å². The van der Waals surface area contributed by atoms with Crippen molar-refractivity contribution in [1.29, 1.82) is 0 Å². The van der Waals surface area contributed by atoms with E-state index in [-0.39, 0.29) is 0 Å². The van der Waals surface area contributed by atoms with E-state index in [4.69, 9.17) is 0 Å². The first-order valence-corrected chi connectivity index (χ1v) is 6.65. The zero-order valence-electron chi connectivity index (χ0n) is 11.0. The maximum absolute atomic E-state index is 4.34. The third-order valence-corrected chi connectivity index (χ3v) is 3.88. The molecular formula is C15H19N3. The predicted molar refractivity (Wildman–Crippen MR) is 73.5 cm³/mol. The number of nitrogens with zero attached hydrogens (tertiary/aromatic N) is 2. The smallest absolute Gasteiger partial charge is 0.0682 e. The lowest BCUT2D eigenvalue weighted by Gasteiger charge is -2.11. The van der Waals surface area contributed by atoms with E-state index in [1.54, 1.807) is 0 Å². The predicted octanol–water partition coefficient (Wildman–Crippen LogP) is 2.78. The summed E-state index contributed by atoms with van der Waals surface area (Å²) in [4.78, 5) is 0. The Morgan fingerprint density at radius 1 is 1.39 bits per heavy atom. The SMILES string of the molecule is CCn1nccc1-c1ccc2c(c1)CCC2NC. The van der Waals surface area contributed by atoms with E-state index in [1.165, 1.54) is 35.2 Å². The molecule has 0 radical (unpaired) electrons. The Morgan fingerprint density at radius 3 is 3.06 bits per heavy atom. The van der Waals surface area contributed by atoms with E-state index < -0.39 is 0 Å². The quantitative estimate of drug-likeness (QED) is 0.895. The van der Waals surface area contributed by atoms with Gasteiger partial charge >= 0.3 is 0 Å². The third-order valence-electron chi connectivity index (χ3n) is 3.88. The second-order valence-electron chi connectivity index (χ2n) is 4.83. The van der Waals surface area contributed by atoms with Crippen LogP contribution in [0, 0.1) is 0 Å². The van der Waals surface area contributed by atoms with Crippen molar-refractivity contribution in [2.45, 2.75) is 32.4 Å². The number of fused-ring (bicyclic) bond motifs is 1. The van der Waals surface area contributed by atoms with E-state index in [9.17, 15) is 0 Å². The van der Waals surface area contributed by atoms with Gasteiger partial charge in [0.1, 0.15) is 0 Å². The third kappa shape index (κ3) is 1.75. The van der Waals surface area contributed by atoms with Crippen molar-refractivity contribution >= 4 is 0 Å². The van der Waals surface area contributed by atoms with E-state index in [1.807, 2.05) is 17.9 Å². The van der Waals surface area contributed by atoms with E-state index in [0.29, 0.717) is 6.04 Å². The molecule has 0 saturated carbocycles. The molecule has 0 bridgehead atoms. The molecule has 1 unspecified atom stereocenters. The van der Waals surface area contributed by atoms with Crippen molar-refractivity contribution in [3.63, 3.8) is 0 Å². The van der Waals surface area contributed by atoms with Gasteiger partial charge in [0.2, 0.25) is 0 Å². The van der Waals surface area contributed by atoms with Crippen LogP contribution in [0.3, 0.4) is 0 Å². The molecule has 1 aromatic heterocycles. The van der Waals surface area contributed by atoms with Gasteiger partial charge in [0.15, 0.2) is 0 Å². The monoisotopic (exact) mass is 241 g/mol. The zero-order chi connectivity index (χ0) is 12.5. The largest absolute Gasteiger partial charge is 0.313 e. The highest BCUT2D eigenvalue weighted by Gasteiger charge is 2.21. The number of benzene rings is 1. The summed E-state index contributed by atoms with van der Waals surface area (Å²) >= 11 is 0. The van der Waals surface area contributed by atoms with Gasteiger partial charge in [-0.2, -0.15) is 5.10 Å². The summed E-state index contributed by atoms with van der Waals surface area (Å²) in [5.74, 6) is 0. The van der Waals surface area contributed by atoms with Gasteiger partial charge in [-0.05, 0) is 50.1 Å². The summed E-state index contributed by atoms with van der Waals surface area (Å²) in [6.45, 7) is 3.04. The van der Waals surface area contributed by atoms with Crippen LogP contribution in [0.25, 0.3) is 11.3 Å². The Balaban J connectivity index is 2.01. The molecule has 1 aliphatic carbocycles. The molecule has 0 fully saturated rings. The van der Waals surface area contributed by atoms with Crippen molar-refractivity contribution < 1.29 is 0 Å². The molecule has 0 spiro atoms. The molecule has 3 rings (SSSR count). The maximum Gasteiger partial charge on any atom is 0.0682 e. The average Bonchev–Trinajstić information content (AvgIpc) is 3.03. The van der Waals surface area contributed by atoms with Gasteiger partial charge in [-0.25, -0.2) is 0 Å². The van der Waals surface area contributed by atoms with Gasteiger partial charge in [0, 0.05) is 24.3 Å². The lowest BCUT2D eigenvalue weighted by molar-refractivity contribution is 0.590. The summed E-state index contributed by atoms with van der Waals surface area (Å²) in [5, 5.41) is 7.72. The fourth-order valence-corrected chi connectivity index (χ4v) is 2.91. The summed E-state index contributed by atoms with van der Waals surface area (Å²) in [7, 11) is 2.04. The highest BCUT2D eigenvalue weighted by molar-refractivity contribution is 5.62. The van der Waals surface area contributed by atoms with Gasteiger partial charge in [0.05, 0.1) is 5.69 Å². The lowest BCUT2D eigenvalue weighted by Crippen LogP contribution is -2.12. The standard InChI is InChI=1S/C15H19N3/c1-3-18-15(8-9-17-18)12-4-6-13-11(10-12)5-7-14(13)16-2/h4,6,8-10,14,16H,3,5,7H2,1-2H3. The van der Waals surface area contributed by atoms with Crippen molar-refractivity contribution in [3.05, 3.63) is 41.6 Å². The molecule has 2 aromatic rings.